The predicted molar refractivity (Wildman–Crippen MR) is 104 cm³/mol. The maximum absolute atomic E-state index is 12.6. The third-order valence-electron chi connectivity index (χ3n) is 4.23. The first kappa shape index (κ1) is 19.3. The molecular weight excluding hydrogens is 356 g/mol. The first-order valence-corrected chi connectivity index (χ1v) is 9.02. The molecule has 0 aliphatic carbocycles. The fourth-order valence-electron chi connectivity index (χ4n) is 2.84. The Balaban J connectivity index is 1.67. The summed E-state index contributed by atoms with van der Waals surface area (Å²) in [4.78, 5) is 12.6. The summed E-state index contributed by atoms with van der Waals surface area (Å²) in [6.07, 6.45) is 3.64. The summed E-state index contributed by atoms with van der Waals surface area (Å²) in [6.45, 7) is 5.78. The molecule has 0 unspecified atom stereocenters. The average Bonchev–Trinajstić information content (AvgIpc) is 3.05. The number of carbonyl (C=O) groups excluding carboxylic acids is 1. The topological polar surface area (TPSA) is 73.0 Å². The van der Waals surface area contributed by atoms with Crippen molar-refractivity contribution in [2.45, 2.75) is 33.0 Å². The summed E-state index contributed by atoms with van der Waals surface area (Å²) in [5.41, 5.74) is 0.748. The number of benzene rings is 1. The molecule has 0 atom stereocenters. The third kappa shape index (κ3) is 4.09. The van der Waals surface area contributed by atoms with Crippen LogP contribution < -0.4 is 9.47 Å². The molecule has 1 aromatic carbocycles. The molecule has 144 valence electrons. The molecule has 0 fully saturated rings. The van der Waals surface area contributed by atoms with Gasteiger partial charge in [0.15, 0.2) is 5.60 Å². The van der Waals surface area contributed by atoms with Gasteiger partial charge < -0.3 is 18.6 Å². The lowest BCUT2D eigenvalue weighted by atomic mass is 10.1. The molecule has 0 bridgehead atoms. The Morgan fingerprint density at radius 1 is 1.14 bits per heavy atom. The Morgan fingerprint density at radius 2 is 1.86 bits per heavy atom. The minimum absolute atomic E-state index is 0.000521. The Kier molecular flexibility index (Phi) is 5.55. The molecule has 28 heavy (non-hydrogen) atoms. The van der Waals surface area contributed by atoms with Gasteiger partial charge in [0, 0.05) is 18.0 Å². The number of nitriles is 1. The zero-order valence-corrected chi connectivity index (χ0v) is 16.1. The van der Waals surface area contributed by atoms with E-state index in [0.717, 1.165) is 11.3 Å². The second-order valence-electron chi connectivity index (χ2n) is 6.73. The van der Waals surface area contributed by atoms with E-state index in [1.54, 1.807) is 44.3 Å². The number of nitrogens with zero attached hydrogens (tertiary/aromatic N) is 2. The van der Waals surface area contributed by atoms with Crippen molar-refractivity contribution in [3.05, 3.63) is 66.0 Å². The zero-order chi connectivity index (χ0) is 20.1. The Hall–Kier alpha value is -3.46. The second kappa shape index (κ2) is 8.05. The average molecular weight is 378 g/mol. The van der Waals surface area contributed by atoms with Crippen molar-refractivity contribution in [2.24, 2.45) is 0 Å². The van der Waals surface area contributed by atoms with Gasteiger partial charge in [-0.15, -0.1) is 0 Å². The van der Waals surface area contributed by atoms with Gasteiger partial charge in [0.25, 0.3) is 0 Å². The third-order valence-corrected chi connectivity index (χ3v) is 4.23. The van der Waals surface area contributed by atoms with Gasteiger partial charge in [0.1, 0.15) is 24.2 Å². The Morgan fingerprint density at radius 3 is 2.54 bits per heavy atom. The minimum Gasteiger partial charge on any atom is -0.494 e. The molecule has 0 aliphatic heterocycles. The van der Waals surface area contributed by atoms with Gasteiger partial charge >= 0.3 is 5.97 Å². The van der Waals surface area contributed by atoms with Gasteiger partial charge in [-0.25, -0.2) is 4.79 Å². The number of hydrogen-bond acceptors (Lipinski definition) is 5. The molecule has 6 nitrogen and oxygen atoms in total. The number of rotatable bonds is 7. The fraction of sp³-hybridized carbons (Fsp3) is 0.273. The van der Waals surface area contributed by atoms with Crippen molar-refractivity contribution in [2.75, 3.05) is 6.61 Å². The smallest absolute Gasteiger partial charge is 0.350 e. The summed E-state index contributed by atoms with van der Waals surface area (Å²) < 4.78 is 18.5. The molecule has 0 saturated carbocycles. The van der Waals surface area contributed by atoms with Crippen molar-refractivity contribution in [1.29, 1.82) is 5.26 Å². The number of esters is 1. The standard InChI is InChI=1S/C22H22N2O4/c1-4-26-17-8-10-18(11-9-17)28-22(2,3)21(25)27-15-16-14-24-12-6-5-7-20(24)19(16)13-23/h5-12,14H,4,15H2,1-3H3. The quantitative estimate of drug-likeness (QED) is 0.579. The highest BCUT2D eigenvalue weighted by atomic mass is 16.6. The molecule has 2 aromatic heterocycles. The number of ether oxygens (including phenoxy) is 3. The van der Waals surface area contributed by atoms with Gasteiger partial charge in [-0.2, -0.15) is 5.26 Å². The van der Waals surface area contributed by atoms with Crippen LogP contribution in [-0.2, 0) is 16.1 Å². The van der Waals surface area contributed by atoms with E-state index in [1.807, 2.05) is 35.7 Å². The van der Waals surface area contributed by atoms with Crippen molar-refractivity contribution in [1.82, 2.24) is 4.40 Å². The Bertz CT molecular complexity index is 1010. The van der Waals surface area contributed by atoms with Crippen LogP contribution in [-0.4, -0.2) is 22.6 Å². The van der Waals surface area contributed by atoms with Crippen LogP contribution in [0.1, 0.15) is 31.9 Å². The first-order chi connectivity index (χ1) is 13.4. The summed E-state index contributed by atoms with van der Waals surface area (Å²) >= 11 is 0. The monoisotopic (exact) mass is 378 g/mol. The molecule has 0 amide bonds. The summed E-state index contributed by atoms with van der Waals surface area (Å²) in [7, 11) is 0. The van der Waals surface area contributed by atoms with E-state index >= 15 is 0 Å². The molecular formula is C22H22N2O4. The molecule has 0 radical (unpaired) electrons. The number of aromatic nitrogens is 1. The number of hydrogen-bond donors (Lipinski definition) is 0. The normalized spacial score (nSPS) is 11.1. The van der Waals surface area contributed by atoms with Crippen LogP contribution in [0.25, 0.3) is 5.52 Å². The van der Waals surface area contributed by atoms with E-state index in [9.17, 15) is 10.1 Å². The molecule has 3 aromatic rings. The lowest BCUT2D eigenvalue weighted by molar-refractivity contribution is -0.160. The highest BCUT2D eigenvalue weighted by Gasteiger charge is 2.32. The number of carbonyl (C=O) groups is 1. The number of pyridine rings is 1. The van der Waals surface area contributed by atoms with Crippen LogP contribution in [0.15, 0.2) is 54.9 Å². The SMILES string of the molecule is CCOc1ccc(OC(C)(C)C(=O)OCc2cn3ccccc3c2C#N)cc1. The van der Waals surface area contributed by atoms with E-state index in [2.05, 4.69) is 6.07 Å². The largest absolute Gasteiger partial charge is 0.494 e. The molecule has 0 aliphatic rings. The highest BCUT2D eigenvalue weighted by Crippen LogP contribution is 2.24. The van der Waals surface area contributed by atoms with Crippen LogP contribution in [0, 0.1) is 11.3 Å². The van der Waals surface area contributed by atoms with Crippen LogP contribution >= 0.6 is 0 Å². The van der Waals surface area contributed by atoms with Crippen LogP contribution in [0.3, 0.4) is 0 Å². The molecule has 0 spiro atoms. The van der Waals surface area contributed by atoms with Crippen molar-refractivity contribution in [3.8, 4) is 17.6 Å². The van der Waals surface area contributed by atoms with E-state index in [1.165, 1.54) is 0 Å². The van der Waals surface area contributed by atoms with Gasteiger partial charge in [0.2, 0.25) is 0 Å². The van der Waals surface area contributed by atoms with Crippen molar-refractivity contribution < 1.29 is 19.0 Å². The highest BCUT2D eigenvalue weighted by molar-refractivity contribution is 5.79. The molecule has 0 saturated heterocycles. The van der Waals surface area contributed by atoms with Gasteiger partial charge in [-0.3, -0.25) is 0 Å². The lowest BCUT2D eigenvalue weighted by Crippen LogP contribution is -2.39. The van der Waals surface area contributed by atoms with E-state index in [0.29, 0.717) is 23.5 Å². The minimum atomic E-state index is -1.18. The van der Waals surface area contributed by atoms with Gasteiger partial charge in [-0.1, -0.05) is 6.07 Å². The molecule has 0 N–H and O–H groups in total. The summed E-state index contributed by atoms with van der Waals surface area (Å²) in [5, 5.41) is 9.45. The second-order valence-corrected chi connectivity index (χ2v) is 6.73. The zero-order valence-electron chi connectivity index (χ0n) is 16.1. The van der Waals surface area contributed by atoms with Crippen LogP contribution in [0.2, 0.25) is 0 Å². The number of fused-ring (bicyclic) bond motifs is 1. The summed E-state index contributed by atoms with van der Waals surface area (Å²) in [6, 6.07) is 14.8. The fourth-order valence-corrected chi connectivity index (χ4v) is 2.84. The van der Waals surface area contributed by atoms with E-state index in [4.69, 9.17) is 14.2 Å². The maximum Gasteiger partial charge on any atom is 0.350 e. The van der Waals surface area contributed by atoms with Crippen molar-refractivity contribution >= 4 is 11.5 Å². The molecule has 6 heteroatoms. The lowest BCUT2D eigenvalue weighted by Gasteiger charge is -2.24. The van der Waals surface area contributed by atoms with Gasteiger partial charge in [0.05, 0.1) is 17.7 Å². The predicted octanol–water partition coefficient (Wildman–Crippen LogP) is 4.11. The van der Waals surface area contributed by atoms with E-state index in [-0.39, 0.29) is 6.61 Å². The molecule has 3 rings (SSSR count). The molecule has 2 heterocycles. The van der Waals surface area contributed by atoms with Crippen LogP contribution in [0.4, 0.5) is 0 Å². The first-order valence-electron chi connectivity index (χ1n) is 9.02. The van der Waals surface area contributed by atoms with Crippen LogP contribution in [0.5, 0.6) is 11.5 Å². The maximum atomic E-state index is 12.6. The summed E-state index contributed by atoms with van der Waals surface area (Å²) in [5.74, 6) is 0.762. The van der Waals surface area contributed by atoms with Crippen molar-refractivity contribution in [3.63, 3.8) is 0 Å². The van der Waals surface area contributed by atoms with E-state index < -0.39 is 11.6 Å². The Labute approximate surface area is 163 Å². The van der Waals surface area contributed by atoms with Gasteiger partial charge in [-0.05, 0) is 57.2 Å².